The molecule has 1 aliphatic heterocycles. The average molecular weight is 532 g/mol. The first kappa shape index (κ1) is 26.2. The summed E-state index contributed by atoms with van der Waals surface area (Å²) in [6.07, 6.45) is 7.37. The first-order valence-corrected chi connectivity index (χ1v) is 14.0. The number of likely N-dealkylation sites (tertiary alicyclic amines) is 1. The van der Waals surface area contributed by atoms with E-state index in [0.29, 0.717) is 15.6 Å². The van der Waals surface area contributed by atoms with Crippen LogP contribution in [0.2, 0.25) is 0 Å². The van der Waals surface area contributed by atoms with Gasteiger partial charge in [-0.25, -0.2) is 4.52 Å². The lowest BCUT2D eigenvalue weighted by Crippen LogP contribution is -2.32. The molecular formula is C27H33N9OS. The van der Waals surface area contributed by atoms with E-state index >= 15 is 0 Å². The van der Waals surface area contributed by atoms with Gasteiger partial charge < -0.3 is 15.3 Å². The second-order valence-electron chi connectivity index (χ2n) is 9.88. The molecule has 1 unspecified atom stereocenters. The molecule has 1 atom stereocenters. The van der Waals surface area contributed by atoms with Gasteiger partial charge in [0.05, 0.1) is 34.2 Å². The van der Waals surface area contributed by atoms with Crippen LogP contribution in [0.1, 0.15) is 56.3 Å². The molecule has 198 valence electrons. The van der Waals surface area contributed by atoms with Crippen LogP contribution in [-0.4, -0.2) is 67.0 Å². The van der Waals surface area contributed by atoms with Crippen LogP contribution in [-0.2, 0) is 0 Å². The lowest BCUT2D eigenvalue weighted by Gasteiger charge is -2.26. The van der Waals surface area contributed by atoms with Crippen molar-refractivity contribution in [1.82, 2.24) is 35.0 Å². The van der Waals surface area contributed by atoms with Gasteiger partial charge in [-0.2, -0.15) is 10.4 Å². The number of fused-ring (bicyclic) bond motifs is 1. The van der Waals surface area contributed by atoms with E-state index in [-0.39, 0.29) is 6.04 Å². The fourth-order valence-corrected chi connectivity index (χ4v) is 5.55. The van der Waals surface area contributed by atoms with Crippen LogP contribution in [0.3, 0.4) is 0 Å². The number of aromatic nitrogens is 5. The van der Waals surface area contributed by atoms with Crippen molar-refractivity contribution in [3.8, 4) is 28.0 Å². The van der Waals surface area contributed by atoms with Gasteiger partial charge in [-0.15, -0.1) is 10.2 Å². The maximum Gasteiger partial charge on any atom is 0.161 e. The zero-order chi connectivity index (χ0) is 26.5. The molecule has 11 heteroatoms. The predicted octanol–water partition coefficient (Wildman–Crippen LogP) is 4.06. The van der Waals surface area contributed by atoms with E-state index in [1.807, 2.05) is 18.2 Å². The van der Waals surface area contributed by atoms with Gasteiger partial charge in [0.1, 0.15) is 6.07 Å². The maximum atomic E-state index is 10.7. The van der Waals surface area contributed by atoms with Gasteiger partial charge in [0.2, 0.25) is 0 Å². The van der Waals surface area contributed by atoms with Gasteiger partial charge in [-0.3, -0.25) is 10.3 Å². The number of anilines is 1. The Kier molecular flexibility index (Phi) is 8.24. The van der Waals surface area contributed by atoms with Crippen LogP contribution in [0.5, 0.6) is 0 Å². The average Bonchev–Trinajstić information content (AvgIpc) is 3.59. The Morgan fingerprint density at radius 1 is 1.13 bits per heavy atom. The Bertz CT molecular complexity index is 1420. The Morgan fingerprint density at radius 2 is 1.97 bits per heavy atom. The Hall–Kier alpha value is -3.43. The highest BCUT2D eigenvalue weighted by atomic mass is 32.1. The first-order chi connectivity index (χ1) is 18.5. The van der Waals surface area contributed by atoms with Gasteiger partial charge in [0.25, 0.3) is 0 Å². The van der Waals surface area contributed by atoms with E-state index in [4.69, 9.17) is 10.2 Å². The number of hydrogen-bond acceptors (Lipinski definition) is 10. The summed E-state index contributed by atoms with van der Waals surface area (Å²) in [5.74, 6) is 0. The number of piperidine rings is 1. The zero-order valence-electron chi connectivity index (χ0n) is 21.8. The molecule has 1 fully saturated rings. The minimum atomic E-state index is -0.854. The quantitative estimate of drug-likeness (QED) is 0.205. The molecular weight excluding hydrogens is 498 g/mol. The molecule has 4 aromatic heterocycles. The van der Waals surface area contributed by atoms with Crippen molar-refractivity contribution in [3.63, 3.8) is 0 Å². The third-order valence-corrected chi connectivity index (χ3v) is 7.59. The van der Waals surface area contributed by atoms with Crippen LogP contribution >= 0.6 is 11.3 Å². The fourth-order valence-electron chi connectivity index (χ4n) is 4.72. The minimum Gasteiger partial charge on any atom is -0.382 e. The largest absolute Gasteiger partial charge is 0.382 e. The molecule has 0 bridgehead atoms. The number of pyridine rings is 1. The van der Waals surface area contributed by atoms with Crippen molar-refractivity contribution in [3.05, 3.63) is 47.2 Å². The highest BCUT2D eigenvalue weighted by Crippen LogP contribution is 2.34. The molecule has 0 aromatic carbocycles. The summed E-state index contributed by atoms with van der Waals surface area (Å²) >= 11 is 1.36. The van der Waals surface area contributed by atoms with Crippen LogP contribution in [0.15, 0.2) is 36.7 Å². The van der Waals surface area contributed by atoms with Crippen molar-refractivity contribution in [2.24, 2.45) is 0 Å². The summed E-state index contributed by atoms with van der Waals surface area (Å²) in [6.45, 7) is 8.28. The van der Waals surface area contributed by atoms with Crippen molar-refractivity contribution in [2.45, 2.75) is 51.8 Å². The summed E-state index contributed by atoms with van der Waals surface area (Å²) < 4.78 is 1.78. The van der Waals surface area contributed by atoms with Gasteiger partial charge in [0.15, 0.2) is 16.2 Å². The summed E-state index contributed by atoms with van der Waals surface area (Å²) in [4.78, 5) is 7.20. The summed E-state index contributed by atoms with van der Waals surface area (Å²) in [7, 11) is 0. The molecule has 5 rings (SSSR count). The third kappa shape index (κ3) is 6.00. The molecule has 0 radical (unpaired) electrons. The number of hydrogen-bond donors (Lipinski definition) is 3. The zero-order valence-corrected chi connectivity index (χ0v) is 22.6. The lowest BCUT2D eigenvalue weighted by molar-refractivity contribution is 0.134. The van der Waals surface area contributed by atoms with Crippen molar-refractivity contribution in [1.29, 1.82) is 5.26 Å². The standard InChI is InChI=1S/C27H33N9OS/c1-18(2)32-22-14-23(24-8-7-20-13-19(15-28)16-31-36(20)24)30-17-21(22)26-33-34-27(38-26)25(37)29-9-6-12-35-10-4-3-5-11-35/h7-8,13-14,16-18,25,29,37H,3-6,9-12H2,1-2H3,(H,30,32). The van der Waals surface area contributed by atoms with E-state index < -0.39 is 6.23 Å². The van der Waals surface area contributed by atoms with Gasteiger partial charge in [-0.1, -0.05) is 17.8 Å². The second kappa shape index (κ2) is 12.0. The molecule has 4 aromatic rings. The van der Waals surface area contributed by atoms with Crippen LogP contribution in [0, 0.1) is 11.3 Å². The number of nitriles is 1. The Labute approximate surface area is 226 Å². The second-order valence-corrected chi connectivity index (χ2v) is 10.9. The van der Waals surface area contributed by atoms with Gasteiger partial charge >= 0.3 is 0 Å². The predicted molar refractivity (Wildman–Crippen MR) is 149 cm³/mol. The van der Waals surface area contributed by atoms with E-state index in [9.17, 15) is 5.11 Å². The van der Waals surface area contributed by atoms with E-state index in [0.717, 1.165) is 47.7 Å². The molecule has 1 aliphatic rings. The summed E-state index contributed by atoms with van der Waals surface area (Å²) in [6, 6.07) is 9.96. The van der Waals surface area contributed by atoms with Crippen LogP contribution in [0.25, 0.3) is 27.5 Å². The highest BCUT2D eigenvalue weighted by Gasteiger charge is 2.19. The number of rotatable bonds is 10. The summed E-state index contributed by atoms with van der Waals surface area (Å²) in [5.41, 5.74) is 4.61. The molecule has 3 N–H and O–H groups in total. The normalized spacial score (nSPS) is 15.1. The van der Waals surface area contributed by atoms with E-state index in [2.05, 4.69) is 50.7 Å². The smallest absolute Gasteiger partial charge is 0.161 e. The molecule has 0 amide bonds. The number of nitrogens with zero attached hydrogens (tertiary/aromatic N) is 7. The van der Waals surface area contributed by atoms with Crippen LogP contribution < -0.4 is 10.6 Å². The fraction of sp³-hybridized carbons (Fsp3) is 0.444. The molecule has 0 saturated carbocycles. The van der Waals surface area contributed by atoms with Crippen molar-refractivity contribution in [2.75, 3.05) is 31.5 Å². The SMILES string of the molecule is CC(C)Nc1cc(-c2ccc3cc(C#N)cnn23)ncc1-c1nnc(C(O)NCCCN2CCCCC2)s1. The Balaban J connectivity index is 1.31. The molecule has 10 nitrogen and oxygen atoms in total. The maximum absolute atomic E-state index is 10.7. The monoisotopic (exact) mass is 531 g/mol. The van der Waals surface area contributed by atoms with Gasteiger partial charge in [0, 0.05) is 17.9 Å². The van der Waals surface area contributed by atoms with E-state index in [1.54, 1.807) is 23.0 Å². The molecule has 38 heavy (non-hydrogen) atoms. The molecule has 0 spiro atoms. The van der Waals surface area contributed by atoms with Crippen molar-refractivity contribution < 1.29 is 5.11 Å². The third-order valence-electron chi connectivity index (χ3n) is 6.58. The minimum absolute atomic E-state index is 0.184. The van der Waals surface area contributed by atoms with Crippen molar-refractivity contribution >= 4 is 22.5 Å². The molecule has 1 saturated heterocycles. The highest BCUT2D eigenvalue weighted by molar-refractivity contribution is 7.14. The Morgan fingerprint density at radius 3 is 2.76 bits per heavy atom. The number of aliphatic hydroxyl groups is 1. The van der Waals surface area contributed by atoms with Gasteiger partial charge in [-0.05, 0) is 83.6 Å². The summed E-state index contributed by atoms with van der Waals surface area (Å²) in [5, 5.41) is 40.8. The number of aliphatic hydroxyl groups excluding tert-OH is 1. The number of nitrogens with one attached hydrogen (secondary N) is 2. The van der Waals surface area contributed by atoms with E-state index in [1.165, 1.54) is 43.7 Å². The molecule has 0 aliphatic carbocycles. The van der Waals surface area contributed by atoms with Crippen LogP contribution in [0.4, 0.5) is 5.69 Å². The topological polar surface area (TPSA) is 127 Å². The first-order valence-electron chi connectivity index (χ1n) is 13.1. The molecule has 5 heterocycles. The lowest BCUT2D eigenvalue weighted by atomic mass is 10.1.